The van der Waals surface area contributed by atoms with Crippen LogP contribution in [0.5, 0.6) is 11.8 Å². The van der Waals surface area contributed by atoms with E-state index in [0.717, 1.165) is 40.7 Å². The average molecular weight is 517 g/mol. The highest BCUT2D eigenvalue weighted by Gasteiger charge is 2.22. The van der Waals surface area contributed by atoms with Crippen molar-refractivity contribution < 1.29 is 14.3 Å². The van der Waals surface area contributed by atoms with Gasteiger partial charge in [0.15, 0.2) is 5.82 Å². The van der Waals surface area contributed by atoms with Crippen LogP contribution in [0.15, 0.2) is 48.5 Å². The normalized spacial score (nSPS) is 15.2. The molecular weight excluding hydrogens is 492 g/mol. The van der Waals surface area contributed by atoms with E-state index in [1.165, 1.54) is 0 Å². The van der Waals surface area contributed by atoms with Gasteiger partial charge >= 0.3 is 6.01 Å². The number of benzene rings is 3. The van der Waals surface area contributed by atoms with Crippen LogP contribution < -0.4 is 15.4 Å². The molecule has 0 radical (unpaired) electrons. The molecular formula is C27H25ClN6O3. The van der Waals surface area contributed by atoms with Crippen molar-refractivity contribution in [1.82, 2.24) is 19.9 Å². The van der Waals surface area contributed by atoms with Gasteiger partial charge in [-0.3, -0.25) is 4.79 Å². The van der Waals surface area contributed by atoms with Crippen molar-refractivity contribution in [2.24, 2.45) is 0 Å². The minimum atomic E-state index is 0.0383. The average Bonchev–Trinajstić information content (AvgIpc) is 2.89. The largest absolute Gasteiger partial charge is 0.424 e. The molecule has 2 aliphatic rings. The number of amides is 1. The van der Waals surface area contributed by atoms with Crippen LogP contribution in [0, 0.1) is 0 Å². The number of anilines is 2. The number of nitrogens with two attached hydrogens (primary N) is 1. The highest BCUT2D eigenvalue weighted by molar-refractivity contribution is 6.35. The van der Waals surface area contributed by atoms with Gasteiger partial charge in [0.2, 0.25) is 11.9 Å². The van der Waals surface area contributed by atoms with E-state index in [-0.39, 0.29) is 17.9 Å². The summed E-state index contributed by atoms with van der Waals surface area (Å²) in [7, 11) is 0. The lowest BCUT2D eigenvalue weighted by Crippen LogP contribution is -2.48. The van der Waals surface area contributed by atoms with Crippen molar-refractivity contribution in [2.45, 2.75) is 20.1 Å². The van der Waals surface area contributed by atoms with Gasteiger partial charge in [-0.15, -0.1) is 0 Å². The second-order valence-electron chi connectivity index (χ2n) is 9.12. The third-order valence-corrected chi connectivity index (χ3v) is 7.07. The first-order chi connectivity index (χ1) is 18.0. The molecule has 6 rings (SSSR count). The van der Waals surface area contributed by atoms with Crippen LogP contribution in [0.3, 0.4) is 0 Å². The van der Waals surface area contributed by atoms with Gasteiger partial charge in [-0.25, -0.2) is 0 Å². The van der Waals surface area contributed by atoms with Crippen molar-refractivity contribution in [3.63, 3.8) is 0 Å². The van der Waals surface area contributed by atoms with E-state index in [0.29, 0.717) is 48.5 Å². The molecule has 0 saturated carbocycles. The molecule has 3 aromatic carbocycles. The number of ether oxygens (including phenoxy) is 2. The fourth-order valence-electron chi connectivity index (χ4n) is 5.00. The van der Waals surface area contributed by atoms with Gasteiger partial charge in [0.1, 0.15) is 5.75 Å². The van der Waals surface area contributed by atoms with E-state index in [4.69, 9.17) is 26.8 Å². The number of nitrogens with zero attached hydrogens (tertiary/aromatic N) is 5. The van der Waals surface area contributed by atoms with Crippen LogP contribution in [0.4, 0.5) is 11.6 Å². The zero-order valence-corrected chi connectivity index (χ0v) is 21.0. The molecule has 188 valence electrons. The molecule has 1 fully saturated rings. The molecule has 1 amide bonds. The van der Waals surface area contributed by atoms with E-state index in [2.05, 4.69) is 19.9 Å². The van der Waals surface area contributed by atoms with Crippen molar-refractivity contribution in [3.8, 4) is 23.1 Å². The summed E-state index contributed by atoms with van der Waals surface area (Å²) in [6.07, 6.45) is 0. The number of hydrogen-bond acceptors (Lipinski definition) is 8. The van der Waals surface area contributed by atoms with Gasteiger partial charge in [-0.1, -0.05) is 35.9 Å². The number of piperazine rings is 1. The number of nitrogen functional groups attached to an aromatic ring is 1. The number of carbonyl (C=O) groups excluding carboxylic acids is 1. The van der Waals surface area contributed by atoms with E-state index >= 15 is 0 Å². The first kappa shape index (κ1) is 23.4. The van der Waals surface area contributed by atoms with Crippen molar-refractivity contribution in [2.75, 3.05) is 36.8 Å². The fourth-order valence-corrected chi connectivity index (χ4v) is 5.32. The Morgan fingerprint density at radius 1 is 1.00 bits per heavy atom. The summed E-state index contributed by atoms with van der Waals surface area (Å²) in [5.41, 5.74) is 9.88. The van der Waals surface area contributed by atoms with Gasteiger partial charge in [-0.2, -0.15) is 15.0 Å². The second-order valence-corrected chi connectivity index (χ2v) is 9.52. The molecule has 37 heavy (non-hydrogen) atoms. The summed E-state index contributed by atoms with van der Waals surface area (Å²) in [6.45, 7) is 5.53. The fraction of sp³-hybridized carbons (Fsp3) is 0.259. The second kappa shape index (κ2) is 9.49. The lowest BCUT2D eigenvalue weighted by Gasteiger charge is -2.35. The molecule has 0 spiro atoms. The summed E-state index contributed by atoms with van der Waals surface area (Å²) in [5, 5.41) is 2.55. The number of halogens is 1. The molecule has 10 heteroatoms. The monoisotopic (exact) mass is 516 g/mol. The molecule has 2 aliphatic heterocycles. The number of rotatable bonds is 4. The van der Waals surface area contributed by atoms with Crippen LogP contribution in [0.1, 0.15) is 18.1 Å². The summed E-state index contributed by atoms with van der Waals surface area (Å²) in [5.74, 6) is 1.06. The SMILES string of the molecule is CC(=O)N1CCN(c2cccc(Oc3nc(N)nc(-c4c(Cl)cc5c6c(cccc46)COC5)n3)c2)CC1. The van der Waals surface area contributed by atoms with Crippen LogP contribution >= 0.6 is 11.6 Å². The van der Waals surface area contributed by atoms with Gasteiger partial charge < -0.3 is 25.0 Å². The number of hydrogen-bond donors (Lipinski definition) is 1. The smallest absolute Gasteiger partial charge is 0.327 e. The summed E-state index contributed by atoms with van der Waals surface area (Å²) in [6, 6.07) is 15.7. The van der Waals surface area contributed by atoms with Crippen LogP contribution in [0.25, 0.3) is 22.2 Å². The van der Waals surface area contributed by atoms with E-state index < -0.39 is 0 Å². The highest BCUT2D eigenvalue weighted by atomic mass is 35.5. The maximum atomic E-state index is 11.6. The Morgan fingerprint density at radius 3 is 2.59 bits per heavy atom. The quantitative estimate of drug-likeness (QED) is 0.425. The van der Waals surface area contributed by atoms with Crippen LogP contribution in [-0.2, 0) is 22.7 Å². The van der Waals surface area contributed by atoms with Gasteiger partial charge in [0.25, 0.3) is 0 Å². The highest BCUT2D eigenvalue weighted by Crippen LogP contribution is 2.40. The van der Waals surface area contributed by atoms with Crippen LogP contribution in [-0.4, -0.2) is 51.9 Å². The number of aromatic nitrogens is 3. The van der Waals surface area contributed by atoms with Crippen molar-refractivity contribution >= 4 is 39.9 Å². The summed E-state index contributed by atoms with van der Waals surface area (Å²) in [4.78, 5) is 28.9. The standard InChI is InChI=1S/C27H25ClN6O3/c1-16(35)33-8-10-34(11-9-33)19-5-3-6-20(13-19)37-27-31-25(30-26(29)32-27)24-21-7-2-4-17-14-36-15-18(23(17)21)12-22(24)28/h2-7,12-13H,8-11,14-15H2,1H3,(H2,29,30,31,32). The lowest BCUT2D eigenvalue weighted by molar-refractivity contribution is -0.129. The van der Waals surface area contributed by atoms with Crippen molar-refractivity contribution in [1.29, 1.82) is 0 Å². The zero-order valence-electron chi connectivity index (χ0n) is 20.3. The topological polar surface area (TPSA) is 107 Å². The van der Waals surface area contributed by atoms with Crippen LogP contribution in [0.2, 0.25) is 5.02 Å². The molecule has 4 aromatic rings. The predicted molar refractivity (Wildman–Crippen MR) is 142 cm³/mol. The maximum Gasteiger partial charge on any atom is 0.327 e. The van der Waals surface area contributed by atoms with E-state index in [1.54, 1.807) is 6.92 Å². The molecule has 0 unspecified atom stereocenters. The lowest BCUT2D eigenvalue weighted by atomic mass is 9.94. The van der Waals surface area contributed by atoms with Gasteiger partial charge in [0, 0.05) is 50.4 Å². The molecule has 1 saturated heterocycles. The Kier molecular flexibility index (Phi) is 6.02. The summed E-state index contributed by atoms with van der Waals surface area (Å²) >= 11 is 6.73. The molecule has 3 heterocycles. The van der Waals surface area contributed by atoms with Gasteiger partial charge in [0.05, 0.1) is 18.2 Å². The van der Waals surface area contributed by atoms with Gasteiger partial charge in [-0.05, 0) is 40.1 Å². The van der Waals surface area contributed by atoms with E-state index in [9.17, 15) is 4.79 Å². The molecule has 0 aliphatic carbocycles. The third-order valence-electron chi connectivity index (χ3n) is 6.77. The minimum Gasteiger partial charge on any atom is -0.424 e. The van der Waals surface area contributed by atoms with Crippen molar-refractivity contribution in [3.05, 3.63) is 64.7 Å². The first-order valence-corrected chi connectivity index (χ1v) is 12.4. The Bertz CT molecular complexity index is 1520. The maximum absolute atomic E-state index is 11.6. The summed E-state index contributed by atoms with van der Waals surface area (Å²) < 4.78 is 11.7. The first-order valence-electron chi connectivity index (χ1n) is 12.1. The molecule has 0 atom stereocenters. The minimum absolute atomic E-state index is 0.0383. The Morgan fingerprint density at radius 2 is 1.78 bits per heavy atom. The third kappa shape index (κ3) is 4.52. The molecule has 2 N–H and O–H groups in total. The molecule has 1 aromatic heterocycles. The van der Waals surface area contributed by atoms with E-state index in [1.807, 2.05) is 53.4 Å². The Labute approximate surface area is 218 Å². The molecule has 9 nitrogen and oxygen atoms in total. The molecule has 0 bridgehead atoms. The predicted octanol–water partition coefficient (Wildman–Crippen LogP) is 4.42. The number of carbonyl (C=O) groups is 1. The zero-order chi connectivity index (χ0) is 25.5. The Balaban J connectivity index is 1.32. The Hall–Kier alpha value is -3.95.